The summed E-state index contributed by atoms with van der Waals surface area (Å²) >= 11 is 0. The SMILES string of the molecule is CCC(CC(C)(C)C)c1ccc(OC(C)(C)C)cc1. The van der Waals surface area contributed by atoms with Crippen LogP contribution in [-0.2, 0) is 0 Å². The van der Waals surface area contributed by atoms with Gasteiger partial charge >= 0.3 is 0 Å². The van der Waals surface area contributed by atoms with E-state index in [0.717, 1.165) is 5.75 Å². The fourth-order valence-electron chi connectivity index (χ4n) is 2.40. The Kier molecular flexibility index (Phi) is 5.06. The van der Waals surface area contributed by atoms with Crippen molar-refractivity contribution in [3.8, 4) is 5.75 Å². The van der Waals surface area contributed by atoms with Gasteiger partial charge in [-0.1, -0.05) is 39.8 Å². The second kappa shape index (κ2) is 5.98. The Balaban J connectivity index is 2.79. The van der Waals surface area contributed by atoms with Gasteiger partial charge in [-0.3, -0.25) is 0 Å². The first-order valence-electron chi connectivity index (χ1n) is 7.40. The second-order valence-electron chi connectivity index (χ2n) is 7.65. The van der Waals surface area contributed by atoms with Crippen LogP contribution in [0.5, 0.6) is 5.75 Å². The zero-order chi connectivity index (χ0) is 14.7. The predicted octanol–water partition coefficient (Wildman–Crippen LogP) is 5.79. The Labute approximate surface area is 119 Å². The van der Waals surface area contributed by atoms with Crippen molar-refractivity contribution in [2.24, 2.45) is 5.41 Å². The molecule has 1 unspecified atom stereocenters. The van der Waals surface area contributed by atoms with Crippen molar-refractivity contribution < 1.29 is 4.74 Å². The van der Waals surface area contributed by atoms with E-state index in [1.807, 2.05) is 0 Å². The number of ether oxygens (including phenoxy) is 1. The first kappa shape index (κ1) is 16.1. The number of hydrogen-bond donors (Lipinski definition) is 0. The molecule has 0 aromatic heterocycles. The molecular weight excluding hydrogens is 232 g/mol. The normalized spacial score (nSPS) is 14.3. The molecule has 0 N–H and O–H groups in total. The van der Waals surface area contributed by atoms with Gasteiger partial charge < -0.3 is 4.74 Å². The zero-order valence-electron chi connectivity index (χ0n) is 13.7. The van der Waals surface area contributed by atoms with Crippen molar-refractivity contribution in [2.45, 2.75) is 72.8 Å². The van der Waals surface area contributed by atoms with E-state index in [2.05, 4.69) is 72.7 Å². The lowest BCUT2D eigenvalue weighted by Crippen LogP contribution is -2.22. The maximum absolute atomic E-state index is 5.87. The highest BCUT2D eigenvalue weighted by atomic mass is 16.5. The zero-order valence-corrected chi connectivity index (χ0v) is 13.7. The third kappa shape index (κ3) is 6.13. The van der Waals surface area contributed by atoms with Crippen LogP contribution in [0.3, 0.4) is 0 Å². The van der Waals surface area contributed by atoms with Gasteiger partial charge in [-0.2, -0.15) is 0 Å². The van der Waals surface area contributed by atoms with Crippen molar-refractivity contribution in [3.05, 3.63) is 29.8 Å². The Bertz CT molecular complexity index is 376. The fourth-order valence-corrected chi connectivity index (χ4v) is 2.40. The summed E-state index contributed by atoms with van der Waals surface area (Å²) in [6.45, 7) is 15.4. The summed E-state index contributed by atoms with van der Waals surface area (Å²) in [4.78, 5) is 0. The maximum atomic E-state index is 5.87. The van der Waals surface area contributed by atoms with E-state index in [1.165, 1.54) is 18.4 Å². The van der Waals surface area contributed by atoms with E-state index in [4.69, 9.17) is 4.74 Å². The minimum atomic E-state index is -0.128. The molecule has 1 aromatic rings. The maximum Gasteiger partial charge on any atom is 0.120 e. The molecule has 0 spiro atoms. The Morgan fingerprint density at radius 1 is 0.947 bits per heavy atom. The van der Waals surface area contributed by atoms with Gasteiger partial charge in [-0.15, -0.1) is 0 Å². The largest absolute Gasteiger partial charge is 0.488 e. The van der Waals surface area contributed by atoms with Crippen LogP contribution < -0.4 is 4.74 Å². The molecule has 1 rings (SSSR count). The smallest absolute Gasteiger partial charge is 0.120 e. The number of benzene rings is 1. The van der Waals surface area contributed by atoms with E-state index in [-0.39, 0.29) is 5.60 Å². The molecule has 0 amide bonds. The van der Waals surface area contributed by atoms with Gasteiger partial charge in [-0.05, 0) is 62.6 Å². The van der Waals surface area contributed by atoms with Crippen LogP contribution >= 0.6 is 0 Å². The van der Waals surface area contributed by atoms with E-state index in [0.29, 0.717) is 11.3 Å². The molecular formula is C18H30O. The van der Waals surface area contributed by atoms with Crippen molar-refractivity contribution >= 4 is 0 Å². The first-order chi connectivity index (χ1) is 8.61. The minimum absolute atomic E-state index is 0.128. The van der Waals surface area contributed by atoms with Crippen LogP contribution in [0.4, 0.5) is 0 Å². The molecule has 1 nitrogen and oxygen atoms in total. The lowest BCUT2D eigenvalue weighted by Gasteiger charge is -2.26. The highest BCUT2D eigenvalue weighted by Crippen LogP contribution is 2.34. The highest BCUT2D eigenvalue weighted by Gasteiger charge is 2.19. The highest BCUT2D eigenvalue weighted by molar-refractivity contribution is 5.30. The molecule has 1 aromatic carbocycles. The van der Waals surface area contributed by atoms with Crippen LogP contribution in [0.2, 0.25) is 0 Å². The van der Waals surface area contributed by atoms with Crippen molar-refractivity contribution in [2.75, 3.05) is 0 Å². The van der Waals surface area contributed by atoms with Gasteiger partial charge in [0.15, 0.2) is 0 Å². The lowest BCUT2D eigenvalue weighted by atomic mass is 9.80. The Hall–Kier alpha value is -0.980. The summed E-state index contributed by atoms with van der Waals surface area (Å²) in [5, 5.41) is 0. The molecule has 0 fully saturated rings. The number of hydrogen-bond acceptors (Lipinski definition) is 1. The van der Waals surface area contributed by atoms with Gasteiger partial charge in [0.25, 0.3) is 0 Å². The van der Waals surface area contributed by atoms with Crippen molar-refractivity contribution in [1.82, 2.24) is 0 Å². The van der Waals surface area contributed by atoms with Crippen LogP contribution in [0.1, 0.15) is 72.8 Å². The fraction of sp³-hybridized carbons (Fsp3) is 0.667. The molecule has 19 heavy (non-hydrogen) atoms. The molecule has 108 valence electrons. The van der Waals surface area contributed by atoms with Crippen LogP contribution in [0.15, 0.2) is 24.3 Å². The lowest BCUT2D eigenvalue weighted by molar-refractivity contribution is 0.131. The Morgan fingerprint density at radius 3 is 1.84 bits per heavy atom. The average molecular weight is 262 g/mol. The average Bonchev–Trinajstić information content (AvgIpc) is 2.23. The van der Waals surface area contributed by atoms with Crippen LogP contribution in [0.25, 0.3) is 0 Å². The summed E-state index contributed by atoms with van der Waals surface area (Å²) in [5.41, 5.74) is 1.68. The van der Waals surface area contributed by atoms with Crippen molar-refractivity contribution in [3.63, 3.8) is 0 Å². The summed E-state index contributed by atoms with van der Waals surface area (Å²) in [5.74, 6) is 1.60. The third-order valence-corrected chi connectivity index (χ3v) is 3.13. The molecule has 0 aliphatic rings. The molecule has 0 aliphatic carbocycles. The van der Waals surface area contributed by atoms with Gasteiger partial charge in [0, 0.05) is 0 Å². The van der Waals surface area contributed by atoms with E-state index in [9.17, 15) is 0 Å². The van der Waals surface area contributed by atoms with Crippen LogP contribution in [0, 0.1) is 5.41 Å². The molecule has 0 radical (unpaired) electrons. The summed E-state index contributed by atoms with van der Waals surface area (Å²) in [6.07, 6.45) is 2.42. The minimum Gasteiger partial charge on any atom is -0.488 e. The topological polar surface area (TPSA) is 9.23 Å². The summed E-state index contributed by atoms with van der Waals surface area (Å²) < 4.78 is 5.87. The standard InChI is InChI=1S/C18H30O/c1-8-14(13-17(2,3)4)15-9-11-16(12-10-15)19-18(5,6)7/h9-12,14H,8,13H2,1-7H3. The molecule has 0 saturated carbocycles. The first-order valence-corrected chi connectivity index (χ1v) is 7.40. The van der Waals surface area contributed by atoms with E-state index in [1.54, 1.807) is 0 Å². The molecule has 0 bridgehead atoms. The van der Waals surface area contributed by atoms with Gasteiger partial charge in [-0.25, -0.2) is 0 Å². The molecule has 1 atom stereocenters. The third-order valence-electron chi connectivity index (χ3n) is 3.13. The quantitative estimate of drug-likeness (QED) is 0.667. The molecule has 0 heterocycles. The Morgan fingerprint density at radius 2 is 1.47 bits per heavy atom. The van der Waals surface area contributed by atoms with E-state index >= 15 is 0 Å². The molecule has 0 aliphatic heterocycles. The molecule has 1 heteroatoms. The van der Waals surface area contributed by atoms with Crippen molar-refractivity contribution in [1.29, 1.82) is 0 Å². The summed E-state index contributed by atoms with van der Waals surface area (Å²) in [7, 11) is 0. The monoisotopic (exact) mass is 262 g/mol. The molecule has 0 saturated heterocycles. The van der Waals surface area contributed by atoms with Gasteiger partial charge in [0.1, 0.15) is 11.4 Å². The van der Waals surface area contributed by atoms with E-state index < -0.39 is 0 Å². The van der Waals surface area contributed by atoms with Crippen LogP contribution in [-0.4, -0.2) is 5.60 Å². The predicted molar refractivity (Wildman–Crippen MR) is 83.9 cm³/mol. The van der Waals surface area contributed by atoms with Gasteiger partial charge in [0.2, 0.25) is 0 Å². The number of rotatable bonds is 4. The summed E-state index contributed by atoms with van der Waals surface area (Å²) in [6, 6.07) is 8.65. The second-order valence-corrected chi connectivity index (χ2v) is 7.65. The van der Waals surface area contributed by atoms with Gasteiger partial charge in [0.05, 0.1) is 0 Å².